The van der Waals surface area contributed by atoms with Gasteiger partial charge in [0.05, 0.1) is 25.8 Å². The Labute approximate surface area is 185 Å². The quantitative estimate of drug-likeness (QED) is 0.353. The molecule has 28 heavy (non-hydrogen) atoms. The molecule has 0 aromatic heterocycles. The molecule has 1 aliphatic heterocycles. The number of nitrogens with zero attached hydrogens (tertiary/aromatic N) is 2. The summed E-state index contributed by atoms with van der Waals surface area (Å²) < 4.78 is 18.9. The van der Waals surface area contributed by atoms with Gasteiger partial charge in [-0.2, -0.15) is 0 Å². The van der Waals surface area contributed by atoms with Crippen molar-refractivity contribution in [2.75, 3.05) is 39.4 Å². The van der Waals surface area contributed by atoms with Crippen molar-refractivity contribution in [3.63, 3.8) is 0 Å². The summed E-state index contributed by atoms with van der Waals surface area (Å²) in [5.74, 6) is 0.694. The van der Waals surface area contributed by atoms with Gasteiger partial charge in [-0.1, -0.05) is 31.4 Å². The summed E-state index contributed by atoms with van der Waals surface area (Å²) in [6, 6.07) is 7.50. The van der Waals surface area contributed by atoms with Gasteiger partial charge in [-0.15, -0.1) is 24.0 Å². The van der Waals surface area contributed by atoms with Gasteiger partial charge in [0.1, 0.15) is 5.82 Å². The summed E-state index contributed by atoms with van der Waals surface area (Å²) in [7, 11) is 0. The molecular formula is C21H34FIN4O. The third kappa shape index (κ3) is 7.15. The number of guanidine groups is 1. The Morgan fingerprint density at radius 2 is 1.86 bits per heavy atom. The number of benzene rings is 1. The Morgan fingerprint density at radius 1 is 1.18 bits per heavy atom. The van der Waals surface area contributed by atoms with Crippen LogP contribution in [0.25, 0.3) is 0 Å². The highest BCUT2D eigenvalue weighted by atomic mass is 127. The first kappa shape index (κ1) is 23.3. The molecule has 7 heteroatoms. The summed E-state index contributed by atoms with van der Waals surface area (Å²) in [6.07, 6.45) is 6.37. The minimum atomic E-state index is -0.199. The number of rotatable bonds is 6. The maximum Gasteiger partial charge on any atom is 0.191 e. The molecule has 1 aliphatic carbocycles. The smallest absolute Gasteiger partial charge is 0.191 e. The van der Waals surface area contributed by atoms with E-state index >= 15 is 0 Å². The van der Waals surface area contributed by atoms with Crippen molar-refractivity contribution in [3.05, 3.63) is 35.6 Å². The lowest BCUT2D eigenvalue weighted by atomic mass is 9.96. The molecule has 1 saturated heterocycles. The van der Waals surface area contributed by atoms with E-state index in [-0.39, 0.29) is 35.8 Å². The minimum Gasteiger partial charge on any atom is -0.379 e. The highest BCUT2D eigenvalue weighted by Gasteiger charge is 2.23. The fourth-order valence-electron chi connectivity index (χ4n) is 3.94. The van der Waals surface area contributed by atoms with E-state index in [1.165, 1.54) is 44.2 Å². The normalized spacial score (nSPS) is 20.3. The van der Waals surface area contributed by atoms with Crippen LogP contribution >= 0.6 is 24.0 Å². The molecule has 2 fully saturated rings. The first-order valence-electron chi connectivity index (χ1n) is 10.4. The first-order valence-corrected chi connectivity index (χ1v) is 10.4. The van der Waals surface area contributed by atoms with Crippen molar-refractivity contribution in [1.82, 2.24) is 15.5 Å². The summed E-state index contributed by atoms with van der Waals surface area (Å²) in [5.41, 5.74) is 1.11. The van der Waals surface area contributed by atoms with Gasteiger partial charge in [0, 0.05) is 25.7 Å². The molecule has 1 heterocycles. The van der Waals surface area contributed by atoms with Crippen LogP contribution in [0, 0.1) is 5.82 Å². The maximum absolute atomic E-state index is 13.4. The first-order chi connectivity index (χ1) is 13.3. The second-order valence-corrected chi connectivity index (χ2v) is 7.41. The number of ether oxygens (including phenoxy) is 1. The topological polar surface area (TPSA) is 48.9 Å². The summed E-state index contributed by atoms with van der Waals surface area (Å²) in [6.45, 7) is 6.82. The molecular weight excluding hydrogens is 470 g/mol. The molecule has 3 rings (SSSR count). The third-order valence-corrected chi connectivity index (χ3v) is 5.45. The van der Waals surface area contributed by atoms with Crippen molar-refractivity contribution in [3.8, 4) is 0 Å². The monoisotopic (exact) mass is 504 g/mol. The Morgan fingerprint density at radius 3 is 2.50 bits per heavy atom. The van der Waals surface area contributed by atoms with Gasteiger partial charge in [0.2, 0.25) is 0 Å². The molecule has 5 nitrogen and oxygen atoms in total. The molecule has 0 radical (unpaired) electrons. The predicted molar refractivity (Wildman–Crippen MR) is 123 cm³/mol. The zero-order chi connectivity index (χ0) is 18.9. The van der Waals surface area contributed by atoms with Crippen LogP contribution in [0.2, 0.25) is 0 Å². The number of morpholine rings is 1. The molecule has 0 bridgehead atoms. The number of nitrogens with one attached hydrogen (secondary N) is 2. The third-order valence-electron chi connectivity index (χ3n) is 5.45. The second-order valence-electron chi connectivity index (χ2n) is 7.41. The Bertz CT molecular complexity index is 587. The van der Waals surface area contributed by atoms with Crippen molar-refractivity contribution in [2.45, 2.75) is 51.1 Å². The van der Waals surface area contributed by atoms with Gasteiger partial charge in [0.15, 0.2) is 5.96 Å². The number of halogens is 2. The van der Waals surface area contributed by atoms with Gasteiger partial charge < -0.3 is 15.4 Å². The van der Waals surface area contributed by atoms with Crippen molar-refractivity contribution in [2.24, 2.45) is 4.99 Å². The van der Waals surface area contributed by atoms with Crippen molar-refractivity contribution >= 4 is 29.9 Å². The van der Waals surface area contributed by atoms with Crippen LogP contribution in [0.1, 0.15) is 50.6 Å². The minimum absolute atomic E-state index is 0. The van der Waals surface area contributed by atoms with Crippen LogP contribution in [0.5, 0.6) is 0 Å². The lowest BCUT2D eigenvalue weighted by molar-refractivity contribution is 0.0179. The summed E-state index contributed by atoms with van der Waals surface area (Å²) in [4.78, 5) is 7.29. The molecule has 1 aromatic carbocycles. The fourth-order valence-corrected chi connectivity index (χ4v) is 3.94. The molecule has 1 atom stereocenters. The van der Waals surface area contributed by atoms with Crippen LogP contribution in [0.3, 0.4) is 0 Å². The van der Waals surface area contributed by atoms with Crippen LogP contribution in [-0.2, 0) is 4.74 Å². The van der Waals surface area contributed by atoms with Crippen LogP contribution in [0.4, 0.5) is 4.39 Å². The highest BCUT2D eigenvalue weighted by molar-refractivity contribution is 14.0. The van der Waals surface area contributed by atoms with E-state index in [2.05, 4.69) is 22.5 Å². The zero-order valence-corrected chi connectivity index (χ0v) is 19.2. The predicted octanol–water partition coefficient (Wildman–Crippen LogP) is 3.70. The van der Waals surface area contributed by atoms with E-state index < -0.39 is 0 Å². The molecule has 0 amide bonds. The summed E-state index contributed by atoms with van der Waals surface area (Å²) in [5, 5.41) is 7.00. The van der Waals surface area contributed by atoms with E-state index in [4.69, 9.17) is 9.73 Å². The molecule has 2 aliphatic rings. The SMILES string of the molecule is CCNC(=NCC(c1ccc(F)cc1)N1CCOCC1)NC1CCCCC1.I. The van der Waals surface area contributed by atoms with Gasteiger partial charge in [-0.3, -0.25) is 9.89 Å². The Hall–Kier alpha value is -0.930. The average Bonchev–Trinajstić information content (AvgIpc) is 2.71. The van der Waals surface area contributed by atoms with Crippen LogP contribution in [-0.4, -0.2) is 56.3 Å². The molecule has 2 N–H and O–H groups in total. The van der Waals surface area contributed by atoms with Gasteiger partial charge >= 0.3 is 0 Å². The largest absolute Gasteiger partial charge is 0.379 e. The second kappa shape index (κ2) is 12.6. The molecule has 1 aromatic rings. The number of hydrogen-bond donors (Lipinski definition) is 2. The maximum atomic E-state index is 13.4. The molecule has 0 spiro atoms. The van der Waals surface area contributed by atoms with Crippen molar-refractivity contribution in [1.29, 1.82) is 0 Å². The van der Waals surface area contributed by atoms with Gasteiger partial charge in [-0.25, -0.2) is 4.39 Å². The molecule has 158 valence electrons. The number of hydrogen-bond acceptors (Lipinski definition) is 3. The molecule has 1 unspecified atom stereocenters. The molecule has 1 saturated carbocycles. The van der Waals surface area contributed by atoms with Crippen LogP contribution in [0.15, 0.2) is 29.3 Å². The Balaban J connectivity index is 0.00000280. The standard InChI is InChI=1S/C21H33FN4O.HI/c1-2-23-21(25-19-6-4-3-5-7-19)24-16-20(26-12-14-27-15-13-26)17-8-10-18(22)11-9-17;/h8-11,19-20H,2-7,12-16H2,1H3,(H2,23,24,25);1H. The van der Waals surface area contributed by atoms with E-state index in [1.54, 1.807) is 0 Å². The van der Waals surface area contributed by atoms with Crippen LogP contribution < -0.4 is 10.6 Å². The van der Waals surface area contributed by atoms with E-state index in [9.17, 15) is 4.39 Å². The lowest BCUT2D eigenvalue weighted by Crippen LogP contribution is -2.45. The van der Waals surface area contributed by atoms with E-state index in [0.29, 0.717) is 12.6 Å². The lowest BCUT2D eigenvalue weighted by Gasteiger charge is -2.34. The fraction of sp³-hybridized carbons (Fsp3) is 0.667. The summed E-state index contributed by atoms with van der Waals surface area (Å²) >= 11 is 0. The van der Waals surface area contributed by atoms with Crippen molar-refractivity contribution < 1.29 is 9.13 Å². The average molecular weight is 504 g/mol. The number of aliphatic imine (C=N–C) groups is 1. The Kier molecular flexibility index (Phi) is 10.5. The highest BCUT2D eigenvalue weighted by Crippen LogP contribution is 2.23. The van der Waals surface area contributed by atoms with Gasteiger partial charge in [0.25, 0.3) is 0 Å². The van der Waals surface area contributed by atoms with E-state index in [0.717, 1.165) is 44.4 Å². The van der Waals surface area contributed by atoms with E-state index in [1.807, 2.05) is 12.1 Å². The van der Waals surface area contributed by atoms with Gasteiger partial charge in [-0.05, 0) is 37.5 Å². The zero-order valence-electron chi connectivity index (χ0n) is 16.8.